The lowest BCUT2D eigenvalue weighted by atomic mass is 10.1. The Labute approximate surface area is 390 Å². The van der Waals surface area contributed by atoms with Crippen LogP contribution in [0.15, 0.2) is 54.9 Å². The Hall–Kier alpha value is -7.47. The van der Waals surface area contributed by atoms with Crippen molar-refractivity contribution in [2.24, 2.45) is 5.92 Å². The highest BCUT2D eigenvalue weighted by atomic mass is 16.5. The minimum atomic E-state index is -1.49. The van der Waals surface area contributed by atoms with Crippen LogP contribution in [-0.4, -0.2) is 140 Å². The number of aryl methyl sites for hydroxylation is 1. The van der Waals surface area contributed by atoms with Crippen molar-refractivity contribution in [2.75, 3.05) is 50.8 Å². The number of nitrogens with one attached hydrogen (secondary N) is 3. The summed E-state index contributed by atoms with van der Waals surface area (Å²) in [5, 5.41) is 51.1. The Bertz CT molecular complexity index is 2350. The van der Waals surface area contributed by atoms with Gasteiger partial charge in [0.25, 0.3) is 0 Å². The predicted octanol–water partition coefficient (Wildman–Crippen LogP) is 2.76. The molecule has 24 heteroatoms. The van der Waals surface area contributed by atoms with Crippen LogP contribution in [0.1, 0.15) is 63.5 Å². The molecule has 1 unspecified atom stereocenters. The molecule has 0 spiro atoms. The fourth-order valence-corrected chi connectivity index (χ4v) is 7.03. The lowest BCUT2D eigenvalue weighted by molar-refractivity contribution is -0.141. The largest absolute Gasteiger partial charge is 0.497 e. The number of anilines is 2. The number of unbranched alkanes of at least 4 members (excludes halogenated alkanes) is 1. The van der Waals surface area contributed by atoms with E-state index in [-0.39, 0.29) is 63.0 Å². The van der Waals surface area contributed by atoms with Crippen molar-refractivity contribution in [3.8, 4) is 22.8 Å². The number of hydrogen-bond acceptors (Lipinski definition) is 15. The summed E-state index contributed by atoms with van der Waals surface area (Å²) in [6.07, 6.45) is 4.68. The van der Waals surface area contributed by atoms with Gasteiger partial charge in [-0.05, 0) is 56.4 Å². The number of rotatable bonds is 30. The molecule has 366 valence electrons. The summed E-state index contributed by atoms with van der Waals surface area (Å²) < 4.78 is 25.3. The average Bonchev–Trinajstić information content (AvgIpc) is 4.09. The number of carboxylic acid groups (broad SMARTS) is 3. The molecule has 1 fully saturated rings. The fourth-order valence-electron chi connectivity index (χ4n) is 7.03. The monoisotopic (exact) mass is 948 g/mol. The smallest absolute Gasteiger partial charge is 0.326 e. The van der Waals surface area contributed by atoms with Crippen molar-refractivity contribution in [1.82, 2.24) is 40.6 Å². The summed E-state index contributed by atoms with van der Waals surface area (Å²) in [5.74, 6) is -3.89. The second-order valence-electron chi connectivity index (χ2n) is 15.7. The topological polar surface area (TPSA) is 318 Å². The summed E-state index contributed by atoms with van der Waals surface area (Å²) in [5.41, 5.74) is 3.10. The summed E-state index contributed by atoms with van der Waals surface area (Å²) in [6.45, 7) is 2.15. The molecule has 0 saturated carbocycles. The number of carbonyl (C=O) groups is 7. The molecule has 0 aliphatic carbocycles. The van der Waals surface area contributed by atoms with Gasteiger partial charge in [0.15, 0.2) is 0 Å². The highest BCUT2D eigenvalue weighted by Gasteiger charge is 2.36. The third-order valence-corrected chi connectivity index (χ3v) is 10.7. The van der Waals surface area contributed by atoms with Crippen molar-refractivity contribution in [3.63, 3.8) is 0 Å². The minimum absolute atomic E-state index is 0.0287. The van der Waals surface area contributed by atoms with Gasteiger partial charge in [0.1, 0.15) is 40.8 Å². The molecule has 1 saturated heterocycles. The van der Waals surface area contributed by atoms with Gasteiger partial charge in [0.05, 0.1) is 64.6 Å². The number of hydrogen-bond donors (Lipinski definition) is 6. The van der Waals surface area contributed by atoms with E-state index in [2.05, 4.69) is 36.6 Å². The molecule has 1 aliphatic rings. The summed E-state index contributed by atoms with van der Waals surface area (Å²) in [6, 6.07) is 8.52. The third kappa shape index (κ3) is 16.1. The number of urea groups is 1. The van der Waals surface area contributed by atoms with Crippen LogP contribution in [0.25, 0.3) is 11.3 Å². The molecular formula is C44H56N10O14. The highest BCUT2D eigenvalue weighted by molar-refractivity contribution is 6.04. The van der Waals surface area contributed by atoms with E-state index in [1.165, 1.54) is 14.2 Å². The molecule has 0 bridgehead atoms. The van der Waals surface area contributed by atoms with Crippen LogP contribution in [0.2, 0.25) is 0 Å². The number of methoxy groups -OCH3 is 2. The van der Waals surface area contributed by atoms with Crippen LogP contribution in [0.4, 0.5) is 16.2 Å². The van der Waals surface area contributed by atoms with Gasteiger partial charge in [-0.2, -0.15) is 0 Å². The van der Waals surface area contributed by atoms with Crippen molar-refractivity contribution in [1.29, 1.82) is 0 Å². The van der Waals surface area contributed by atoms with Crippen molar-refractivity contribution < 1.29 is 67.8 Å². The van der Waals surface area contributed by atoms with E-state index in [0.29, 0.717) is 86.2 Å². The second kappa shape index (κ2) is 26.0. The third-order valence-electron chi connectivity index (χ3n) is 10.7. The molecule has 3 heterocycles. The first kappa shape index (κ1) is 51.5. The number of aromatic nitrogens is 6. The zero-order valence-corrected chi connectivity index (χ0v) is 37.7. The molecule has 3 atom stereocenters. The van der Waals surface area contributed by atoms with Crippen LogP contribution in [0.3, 0.4) is 0 Å². The molecule has 2 aromatic carbocycles. The normalized spacial score (nSPS) is 14.2. The molecule has 5 rings (SSSR count). The van der Waals surface area contributed by atoms with E-state index in [1.54, 1.807) is 57.0 Å². The standard InChI is InChI=1S/C44H56N10O14/c1-65-33-12-14-38(66-2)37(23-33)54-24-29(22-39(54)56)41(59)45-30-10-8-28(9-11-30)36-26-53(51-49-36)18-21-67-19-5-6-32(55)16-20-68-27-31-25-52(50-48-31)17-4-3-7-34(42(60)61)46-44(64)47-35(43(62)63)13-15-40(57)58/h8-12,14,23,25-26,29,34-35H,3-7,13,15-22,24,27H2,1-2H3,(H,45,59)(H,57,58)(H,60,61)(H,62,63)(H2,46,47,64)/t29?,34-,35-/m0/s1. The molecule has 6 N–H and O–H groups in total. The number of ether oxygens (including phenoxy) is 4. The average molecular weight is 949 g/mol. The Morgan fingerprint density at radius 3 is 2.19 bits per heavy atom. The lowest BCUT2D eigenvalue weighted by Gasteiger charge is -2.20. The van der Waals surface area contributed by atoms with Gasteiger partial charge in [0, 0.05) is 62.7 Å². The van der Waals surface area contributed by atoms with E-state index in [0.717, 1.165) is 5.56 Å². The number of carbonyl (C=O) groups excluding carboxylic acids is 4. The number of ketones is 1. The predicted molar refractivity (Wildman–Crippen MR) is 239 cm³/mol. The van der Waals surface area contributed by atoms with Crippen molar-refractivity contribution in [3.05, 3.63) is 60.6 Å². The summed E-state index contributed by atoms with van der Waals surface area (Å²) in [7, 11) is 3.05. The molecule has 2 aromatic heterocycles. The minimum Gasteiger partial charge on any atom is -0.497 e. The van der Waals surface area contributed by atoms with E-state index >= 15 is 0 Å². The highest BCUT2D eigenvalue weighted by Crippen LogP contribution is 2.36. The quantitative estimate of drug-likeness (QED) is 0.0409. The molecule has 4 aromatic rings. The molecule has 4 amide bonds. The lowest BCUT2D eigenvalue weighted by Crippen LogP contribution is -2.51. The van der Waals surface area contributed by atoms with Crippen molar-refractivity contribution in [2.45, 2.75) is 89.6 Å². The maximum atomic E-state index is 13.1. The maximum Gasteiger partial charge on any atom is 0.326 e. The zero-order valence-electron chi connectivity index (χ0n) is 37.7. The van der Waals surface area contributed by atoms with Gasteiger partial charge in [-0.1, -0.05) is 22.6 Å². The first-order valence-corrected chi connectivity index (χ1v) is 21.9. The molecule has 0 radical (unpaired) electrons. The van der Waals surface area contributed by atoms with Gasteiger partial charge in [0.2, 0.25) is 11.8 Å². The maximum absolute atomic E-state index is 13.1. The zero-order chi connectivity index (χ0) is 49.0. The number of benzene rings is 2. The SMILES string of the molecule is COc1ccc(OC)c(N2CC(C(=O)Nc3ccc(-c4cn(CCOCCCC(=O)CCOCc5cn(CCCC[C@H](NC(=O)N[C@@H](CCC(=O)O)C(=O)O)C(=O)O)nn5)nn4)cc3)CC2=O)c1. The van der Waals surface area contributed by atoms with E-state index in [4.69, 9.17) is 24.1 Å². The molecular weight excluding hydrogens is 893 g/mol. The van der Waals surface area contributed by atoms with Crippen LogP contribution in [-0.2, 0) is 57.9 Å². The number of nitrogens with zero attached hydrogens (tertiary/aromatic N) is 7. The Kier molecular flexibility index (Phi) is 19.7. The molecule has 24 nitrogen and oxygen atoms in total. The number of aliphatic carboxylic acids is 3. The van der Waals surface area contributed by atoms with Crippen LogP contribution < -0.4 is 30.3 Å². The van der Waals surface area contributed by atoms with Crippen LogP contribution >= 0.6 is 0 Å². The molecule has 1 aliphatic heterocycles. The first-order chi connectivity index (χ1) is 32.7. The van der Waals surface area contributed by atoms with E-state index in [1.807, 2.05) is 12.1 Å². The van der Waals surface area contributed by atoms with E-state index < -0.39 is 48.4 Å². The van der Waals surface area contributed by atoms with Gasteiger partial charge in [-0.15, -0.1) is 10.2 Å². The van der Waals surface area contributed by atoms with Crippen molar-refractivity contribution >= 4 is 52.9 Å². The van der Waals surface area contributed by atoms with Crippen LogP contribution in [0, 0.1) is 5.92 Å². The van der Waals surface area contributed by atoms with Gasteiger partial charge in [-0.3, -0.25) is 23.9 Å². The fraction of sp³-hybridized carbons (Fsp3) is 0.477. The van der Waals surface area contributed by atoms with Gasteiger partial charge in [-0.25, -0.2) is 19.1 Å². The Morgan fingerprint density at radius 1 is 0.765 bits per heavy atom. The first-order valence-electron chi connectivity index (χ1n) is 21.9. The number of carboxylic acids is 3. The number of Topliss-reactive ketones (excluding diaryl/α,β-unsaturated/α-hetero) is 1. The molecule has 68 heavy (non-hydrogen) atoms. The number of amides is 4. The second-order valence-corrected chi connectivity index (χ2v) is 15.7. The van der Waals surface area contributed by atoms with Crippen LogP contribution in [0.5, 0.6) is 11.5 Å². The van der Waals surface area contributed by atoms with Gasteiger partial charge >= 0.3 is 23.9 Å². The summed E-state index contributed by atoms with van der Waals surface area (Å²) >= 11 is 0. The van der Waals surface area contributed by atoms with E-state index in [9.17, 15) is 43.8 Å². The van der Waals surface area contributed by atoms with Gasteiger partial charge < -0.3 is 55.1 Å². The Balaban J connectivity index is 0.898. The summed E-state index contributed by atoms with van der Waals surface area (Å²) in [4.78, 5) is 85.8. The Morgan fingerprint density at radius 2 is 1.49 bits per heavy atom.